The predicted molar refractivity (Wildman–Crippen MR) is 60.5 cm³/mol. The Bertz CT molecular complexity index is 411. The SMILES string of the molecule is Cc1ccc(S(=O)(=O)NC(C)CCO)s1. The van der Waals surface area contributed by atoms with Gasteiger partial charge in [0.25, 0.3) is 0 Å². The molecular formula is C9H15NO3S2. The molecule has 0 radical (unpaired) electrons. The summed E-state index contributed by atoms with van der Waals surface area (Å²) in [5, 5.41) is 8.68. The minimum Gasteiger partial charge on any atom is -0.396 e. The first kappa shape index (κ1) is 12.6. The van der Waals surface area contributed by atoms with Crippen LogP contribution in [0.1, 0.15) is 18.2 Å². The van der Waals surface area contributed by atoms with Crippen molar-refractivity contribution in [3.63, 3.8) is 0 Å². The summed E-state index contributed by atoms with van der Waals surface area (Å²) in [5.41, 5.74) is 0. The third kappa shape index (κ3) is 3.57. The van der Waals surface area contributed by atoms with Gasteiger partial charge in [-0.2, -0.15) is 0 Å². The van der Waals surface area contributed by atoms with E-state index in [1.807, 2.05) is 6.92 Å². The van der Waals surface area contributed by atoms with E-state index in [1.54, 1.807) is 19.1 Å². The lowest BCUT2D eigenvalue weighted by Gasteiger charge is -2.11. The van der Waals surface area contributed by atoms with Crippen LogP contribution in [-0.2, 0) is 10.0 Å². The van der Waals surface area contributed by atoms with Crippen molar-refractivity contribution in [1.82, 2.24) is 4.72 Å². The zero-order chi connectivity index (χ0) is 11.5. The molecule has 0 fully saturated rings. The van der Waals surface area contributed by atoms with Gasteiger partial charge in [0.15, 0.2) is 0 Å². The van der Waals surface area contributed by atoms with Crippen molar-refractivity contribution in [2.24, 2.45) is 0 Å². The van der Waals surface area contributed by atoms with Crippen molar-refractivity contribution in [2.45, 2.75) is 30.5 Å². The van der Waals surface area contributed by atoms with Gasteiger partial charge in [-0.05, 0) is 32.4 Å². The Balaban J connectivity index is 2.76. The molecule has 0 amide bonds. The lowest BCUT2D eigenvalue weighted by Crippen LogP contribution is -2.32. The van der Waals surface area contributed by atoms with Crippen LogP contribution in [0.25, 0.3) is 0 Å². The van der Waals surface area contributed by atoms with Crippen LogP contribution < -0.4 is 4.72 Å². The van der Waals surface area contributed by atoms with Crippen LogP contribution in [0.4, 0.5) is 0 Å². The Morgan fingerprint density at radius 3 is 2.67 bits per heavy atom. The van der Waals surface area contributed by atoms with Crippen LogP contribution in [0, 0.1) is 6.92 Å². The number of aryl methyl sites for hydroxylation is 1. The van der Waals surface area contributed by atoms with Crippen LogP contribution in [0.3, 0.4) is 0 Å². The number of rotatable bonds is 5. The average molecular weight is 249 g/mol. The van der Waals surface area contributed by atoms with E-state index in [0.29, 0.717) is 10.6 Å². The Hall–Kier alpha value is -0.430. The second-order valence-corrected chi connectivity index (χ2v) is 6.63. The predicted octanol–water partition coefficient (Wildman–Crippen LogP) is 1.11. The van der Waals surface area contributed by atoms with Crippen molar-refractivity contribution in [1.29, 1.82) is 0 Å². The number of hydrogen-bond donors (Lipinski definition) is 2. The van der Waals surface area contributed by atoms with Crippen molar-refractivity contribution < 1.29 is 13.5 Å². The van der Waals surface area contributed by atoms with E-state index >= 15 is 0 Å². The normalized spacial score (nSPS) is 14.1. The molecule has 1 rings (SSSR count). The number of nitrogens with one attached hydrogen (secondary N) is 1. The highest BCUT2D eigenvalue weighted by Gasteiger charge is 2.18. The van der Waals surface area contributed by atoms with E-state index in [9.17, 15) is 8.42 Å². The molecule has 2 N–H and O–H groups in total. The van der Waals surface area contributed by atoms with Gasteiger partial charge in [0.1, 0.15) is 4.21 Å². The zero-order valence-corrected chi connectivity index (χ0v) is 10.4. The second kappa shape index (κ2) is 5.07. The van der Waals surface area contributed by atoms with Gasteiger partial charge in [0.2, 0.25) is 10.0 Å². The highest BCUT2D eigenvalue weighted by molar-refractivity contribution is 7.91. The largest absolute Gasteiger partial charge is 0.396 e. The van der Waals surface area contributed by atoms with Crippen LogP contribution in [0.2, 0.25) is 0 Å². The summed E-state index contributed by atoms with van der Waals surface area (Å²) in [4.78, 5) is 0.963. The van der Waals surface area contributed by atoms with Gasteiger partial charge in [-0.25, -0.2) is 13.1 Å². The molecule has 0 bridgehead atoms. The van der Waals surface area contributed by atoms with Crippen molar-refractivity contribution in [3.8, 4) is 0 Å². The molecule has 0 aliphatic rings. The van der Waals surface area contributed by atoms with E-state index in [4.69, 9.17) is 5.11 Å². The summed E-state index contributed by atoms with van der Waals surface area (Å²) >= 11 is 1.24. The Labute approximate surface area is 94.0 Å². The summed E-state index contributed by atoms with van der Waals surface area (Å²) in [6, 6.07) is 3.12. The lowest BCUT2D eigenvalue weighted by atomic mass is 10.3. The van der Waals surface area contributed by atoms with Crippen LogP contribution >= 0.6 is 11.3 Å². The topological polar surface area (TPSA) is 66.4 Å². The smallest absolute Gasteiger partial charge is 0.250 e. The standard InChI is InChI=1S/C9H15NO3S2/c1-7(5-6-11)10-15(12,13)9-4-3-8(2)14-9/h3-4,7,10-11H,5-6H2,1-2H3. The molecule has 1 atom stereocenters. The van der Waals surface area contributed by atoms with Crippen LogP contribution in [-0.4, -0.2) is 26.2 Å². The number of sulfonamides is 1. The highest BCUT2D eigenvalue weighted by Crippen LogP contribution is 2.20. The summed E-state index contributed by atoms with van der Waals surface area (Å²) in [5.74, 6) is 0. The van der Waals surface area contributed by atoms with Gasteiger partial charge >= 0.3 is 0 Å². The molecule has 86 valence electrons. The maximum Gasteiger partial charge on any atom is 0.250 e. The van der Waals surface area contributed by atoms with Gasteiger partial charge in [-0.15, -0.1) is 11.3 Å². The Morgan fingerprint density at radius 1 is 1.53 bits per heavy atom. The number of aliphatic hydroxyl groups excluding tert-OH is 1. The fourth-order valence-electron chi connectivity index (χ4n) is 1.13. The third-order valence-electron chi connectivity index (χ3n) is 1.90. The fourth-order valence-corrected chi connectivity index (χ4v) is 3.71. The molecule has 6 heteroatoms. The molecule has 1 aromatic rings. The Kier molecular flexibility index (Phi) is 4.27. The Morgan fingerprint density at radius 2 is 2.20 bits per heavy atom. The van der Waals surface area contributed by atoms with E-state index in [1.165, 1.54) is 11.3 Å². The molecule has 0 saturated carbocycles. The maximum absolute atomic E-state index is 11.7. The first-order valence-electron chi connectivity index (χ1n) is 4.65. The van der Waals surface area contributed by atoms with Gasteiger partial charge in [0, 0.05) is 17.5 Å². The summed E-state index contributed by atoms with van der Waals surface area (Å²) < 4.78 is 26.3. The molecule has 0 aliphatic heterocycles. The second-order valence-electron chi connectivity index (χ2n) is 3.40. The van der Waals surface area contributed by atoms with E-state index < -0.39 is 10.0 Å². The maximum atomic E-state index is 11.7. The average Bonchev–Trinajstić information content (AvgIpc) is 2.51. The lowest BCUT2D eigenvalue weighted by molar-refractivity contribution is 0.275. The first-order chi connectivity index (χ1) is 6.95. The van der Waals surface area contributed by atoms with Crippen LogP contribution in [0.15, 0.2) is 16.3 Å². The minimum atomic E-state index is -3.40. The third-order valence-corrected chi connectivity index (χ3v) is 4.98. The van der Waals surface area contributed by atoms with Crippen LogP contribution in [0.5, 0.6) is 0 Å². The van der Waals surface area contributed by atoms with E-state index in [0.717, 1.165) is 4.88 Å². The van der Waals surface area contributed by atoms with Gasteiger partial charge < -0.3 is 5.11 Å². The number of hydrogen-bond acceptors (Lipinski definition) is 4. The molecule has 1 aromatic heterocycles. The number of thiophene rings is 1. The summed E-state index contributed by atoms with van der Waals surface area (Å²) in [7, 11) is -3.40. The molecule has 1 unspecified atom stereocenters. The number of aliphatic hydroxyl groups is 1. The molecular weight excluding hydrogens is 234 g/mol. The molecule has 1 heterocycles. The molecule has 0 spiro atoms. The molecule has 0 aliphatic carbocycles. The monoisotopic (exact) mass is 249 g/mol. The zero-order valence-electron chi connectivity index (χ0n) is 8.73. The summed E-state index contributed by atoms with van der Waals surface area (Å²) in [6.45, 7) is 3.57. The van der Waals surface area contributed by atoms with Gasteiger partial charge in [0.05, 0.1) is 0 Å². The summed E-state index contributed by atoms with van der Waals surface area (Å²) in [6.07, 6.45) is 0.420. The van der Waals surface area contributed by atoms with E-state index in [-0.39, 0.29) is 12.6 Å². The minimum absolute atomic E-state index is 0.0207. The molecule has 15 heavy (non-hydrogen) atoms. The molecule has 4 nitrogen and oxygen atoms in total. The van der Waals surface area contributed by atoms with Gasteiger partial charge in [-0.1, -0.05) is 0 Å². The fraction of sp³-hybridized carbons (Fsp3) is 0.556. The first-order valence-corrected chi connectivity index (χ1v) is 6.95. The van der Waals surface area contributed by atoms with Gasteiger partial charge in [-0.3, -0.25) is 0 Å². The van der Waals surface area contributed by atoms with Crippen molar-refractivity contribution in [2.75, 3.05) is 6.61 Å². The molecule has 0 aromatic carbocycles. The highest BCUT2D eigenvalue weighted by atomic mass is 32.2. The quantitative estimate of drug-likeness (QED) is 0.821. The molecule has 0 saturated heterocycles. The van der Waals surface area contributed by atoms with Crippen molar-refractivity contribution in [3.05, 3.63) is 17.0 Å². The van der Waals surface area contributed by atoms with E-state index in [2.05, 4.69) is 4.72 Å². The van der Waals surface area contributed by atoms with Crippen molar-refractivity contribution >= 4 is 21.4 Å².